The molecule has 0 aromatic rings. The molecule has 0 heterocycles. The zero-order valence-electron chi connectivity index (χ0n) is 21.1. The van der Waals surface area contributed by atoms with Gasteiger partial charge in [-0.2, -0.15) is 0 Å². The molecule has 0 aliphatic heterocycles. The highest BCUT2D eigenvalue weighted by Gasteiger charge is 2.59. The van der Waals surface area contributed by atoms with Crippen LogP contribution in [-0.2, 0) is 4.89 Å². The van der Waals surface area contributed by atoms with E-state index >= 15 is 0 Å². The number of hydrogen-bond donors (Lipinski definition) is 1. The molecule has 2 nitrogen and oxygen atoms in total. The Morgan fingerprint density at radius 3 is 2.52 bits per heavy atom. The van der Waals surface area contributed by atoms with Gasteiger partial charge in [0.15, 0.2) is 0 Å². The number of allylic oxidation sites excluding steroid dienone is 3. The fraction of sp³-hybridized carbons (Fsp3) is 0.862. The molecule has 2 heteroatoms. The van der Waals surface area contributed by atoms with E-state index in [1.54, 1.807) is 5.57 Å². The maximum atomic E-state index is 9.23. The van der Waals surface area contributed by atoms with E-state index in [-0.39, 0.29) is 6.10 Å². The van der Waals surface area contributed by atoms with Crippen LogP contribution >= 0.6 is 0 Å². The first-order valence-corrected chi connectivity index (χ1v) is 13.4. The molecule has 1 N–H and O–H groups in total. The average molecular weight is 429 g/mol. The van der Waals surface area contributed by atoms with E-state index in [1.807, 2.05) is 0 Å². The van der Waals surface area contributed by atoms with Gasteiger partial charge in [0.25, 0.3) is 0 Å². The van der Waals surface area contributed by atoms with Crippen molar-refractivity contribution in [2.24, 2.45) is 52.3 Å². The molecule has 0 aromatic carbocycles. The number of rotatable bonds is 6. The van der Waals surface area contributed by atoms with Gasteiger partial charge in [-0.05, 0) is 110 Å². The number of hydrogen-bond acceptors (Lipinski definition) is 2. The Morgan fingerprint density at radius 2 is 1.84 bits per heavy atom. The smallest absolute Gasteiger partial charge is 0.0964 e. The van der Waals surface area contributed by atoms with Crippen LogP contribution in [0.2, 0.25) is 0 Å². The fourth-order valence-electron chi connectivity index (χ4n) is 8.90. The van der Waals surface area contributed by atoms with E-state index in [0.717, 1.165) is 48.3 Å². The van der Waals surface area contributed by atoms with E-state index in [0.29, 0.717) is 16.7 Å². The summed E-state index contributed by atoms with van der Waals surface area (Å²) in [6.07, 6.45) is 19.0. The molecule has 0 saturated heterocycles. The molecule has 0 bridgehead atoms. The lowest BCUT2D eigenvalue weighted by Gasteiger charge is -2.58. The van der Waals surface area contributed by atoms with Gasteiger partial charge in [-0.3, -0.25) is 5.26 Å². The lowest BCUT2D eigenvalue weighted by atomic mass is 9.47. The van der Waals surface area contributed by atoms with Gasteiger partial charge in [0.2, 0.25) is 0 Å². The third-order valence-corrected chi connectivity index (χ3v) is 10.9. The molecular weight excluding hydrogens is 380 g/mol. The topological polar surface area (TPSA) is 29.5 Å². The lowest BCUT2D eigenvalue weighted by molar-refractivity contribution is -0.284. The first kappa shape index (κ1) is 23.6. The summed E-state index contributed by atoms with van der Waals surface area (Å²) in [5.74, 6) is 5.59. The largest absolute Gasteiger partial charge is 0.252 e. The molecule has 3 unspecified atom stereocenters. The van der Waals surface area contributed by atoms with Crippen molar-refractivity contribution < 1.29 is 10.1 Å². The predicted molar refractivity (Wildman–Crippen MR) is 130 cm³/mol. The zero-order valence-corrected chi connectivity index (χ0v) is 21.1. The predicted octanol–water partition coefficient (Wildman–Crippen LogP) is 8.30. The van der Waals surface area contributed by atoms with Crippen molar-refractivity contribution in [3.05, 3.63) is 23.8 Å². The minimum atomic E-state index is 0.0195. The maximum Gasteiger partial charge on any atom is 0.0964 e. The zero-order chi connectivity index (χ0) is 22.4. The molecule has 4 aliphatic carbocycles. The van der Waals surface area contributed by atoms with Gasteiger partial charge >= 0.3 is 0 Å². The summed E-state index contributed by atoms with van der Waals surface area (Å²) in [4.78, 5) is 4.76. The second-order valence-electron chi connectivity index (χ2n) is 12.5. The number of fused-ring (bicyclic) bond motifs is 5. The van der Waals surface area contributed by atoms with Crippen molar-refractivity contribution in [1.29, 1.82) is 0 Å². The Kier molecular flexibility index (Phi) is 6.82. The van der Waals surface area contributed by atoms with E-state index in [9.17, 15) is 5.26 Å². The molecular formula is C29H48O2. The van der Waals surface area contributed by atoms with Gasteiger partial charge in [-0.15, -0.1) is 0 Å². The van der Waals surface area contributed by atoms with Crippen LogP contribution in [0.1, 0.15) is 99.3 Å². The Hall–Kier alpha value is -0.600. The summed E-state index contributed by atoms with van der Waals surface area (Å²) >= 11 is 0. The van der Waals surface area contributed by atoms with Crippen LogP contribution in [0.15, 0.2) is 23.8 Å². The first-order valence-electron chi connectivity index (χ1n) is 13.4. The van der Waals surface area contributed by atoms with Crippen molar-refractivity contribution in [2.75, 3.05) is 0 Å². The van der Waals surface area contributed by atoms with Crippen molar-refractivity contribution in [3.8, 4) is 0 Å². The first-order chi connectivity index (χ1) is 14.7. The summed E-state index contributed by atoms with van der Waals surface area (Å²) in [6.45, 7) is 14.8. The van der Waals surface area contributed by atoms with Crippen LogP contribution in [0.3, 0.4) is 0 Å². The molecule has 0 amide bonds. The van der Waals surface area contributed by atoms with Crippen molar-refractivity contribution in [1.82, 2.24) is 0 Å². The highest BCUT2D eigenvalue weighted by Crippen LogP contribution is 2.67. The molecule has 176 valence electrons. The van der Waals surface area contributed by atoms with Crippen molar-refractivity contribution in [2.45, 2.75) is 105 Å². The average Bonchev–Trinajstić information content (AvgIpc) is 3.10. The monoisotopic (exact) mass is 428 g/mol. The van der Waals surface area contributed by atoms with Crippen LogP contribution < -0.4 is 0 Å². The Bertz CT molecular complexity index is 693. The summed E-state index contributed by atoms with van der Waals surface area (Å²) in [7, 11) is 0. The highest BCUT2D eigenvalue weighted by molar-refractivity contribution is 5.25. The molecule has 0 aromatic heterocycles. The Balaban J connectivity index is 1.51. The van der Waals surface area contributed by atoms with Gasteiger partial charge < -0.3 is 0 Å². The Labute approximate surface area is 191 Å². The van der Waals surface area contributed by atoms with Gasteiger partial charge in [0.05, 0.1) is 6.10 Å². The third-order valence-electron chi connectivity index (χ3n) is 10.9. The molecule has 9 atom stereocenters. The normalized spacial score (nSPS) is 44.5. The van der Waals surface area contributed by atoms with Gasteiger partial charge in [0, 0.05) is 0 Å². The summed E-state index contributed by atoms with van der Waals surface area (Å²) in [5, 5.41) is 9.23. The molecule has 3 fully saturated rings. The quantitative estimate of drug-likeness (QED) is 0.262. The minimum Gasteiger partial charge on any atom is -0.252 e. The summed E-state index contributed by atoms with van der Waals surface area (Å²) in [6, 6.07) is 0. The minimum absolute atomic E-state index is 0.0195. The third kappa shape index (κ3) is 3.99. The van der Waals surface area contributed by atoms with Crippen LogP contribution in [0.4, 0.5) is 0 Å². The van der Waals surface area contributed by atoms with Gasteiger partial charge in [-0.25, -0.2) is 4.89 Å². The molecule has 4 rings (SSSR count). The Morgan fingerprint density at radius 1 is 1.06 bits per heavy atom. The molecule has 31 heavy (non-hydrogen) atoms. The van der Waals surface area contributed by atoms with Crippen LogP contribution in [0.5, 0.6) is 0 Å². The van der Waals surface area contributed by atoms with Crippen LogP contribution in [0.25, 0.3) is 0 Å². The van der Waals surface area contributed by atoms with Crippen LogP contribution in [-0.4, -0.2) is 11.4 Å². The molecule has 0 radical (unpaired) electrons. The second-order valence-corrected chi connectivity index (χ2v) is 12.5. The van der Waals surface area contributed by atoms with Crippen molar-refractivity contribution in [3.63, 3.8) is 0 Å². The highest BCUT2D eigenvalue weighted by atomic mass is 17.1. The molecule has 4 aliphatic rings. The van der Waals surface area contributed by atoms with Gasteiger partial charge in [-0.1, -0.05) is 65.3 Å². The van der Waals surface area contributed by atoms with E-state index in [1.165, 1.54) is 44.9 Å². The van der Waals surface area contributed by atoms with E-state index in [4.69, 9.17) is 4.89 Å². The SMILES string of the molecule is CC[C@H](C=C[C@@H](C)[C@H]1CCC2C3CC=C4C[C@@H](OO)CC[C@]4(C)C3CC[C@@]21C)C(C)C. The van der Waals surface area contributed by atoms with Crippen LogP contribution in [0, 0.1) is 52.3 Å². The summed E-state index contributed by atoms with van der Waals surface area (Å²) < 4.78 is 0. The van der Waals surface area contributed by atoms with Crippen molar-refractivity contribution >= 4 is 0 Å². The summed E-state index contributed by atoms with van der Waals surface area (Å²) in [5.41, 5.74) is 2.44. The molecule has 3 saturated carbocycles. The van der Waals surface area contributed by atoms with Gasteiger partial charge in [0.1, 0.15) is 0 Å². The maximum absolute atomic E-state index is 9.23. The fourth-order valence-corrected chi connectivity index (χ4v) is 8.90. The molecule has 0 spiro atoms. The van der Waals surface area contributed by atoms with E-state index < -0.39 is 0 Å². The second kappa shape index (κ2) is 8.98. The van der Waals surface area contributed by atoms with E-state index in [2.05, 4.69) is 59.8 Å². The lowest BCUT2D eigenvalue weighted by Crippen LogP contribution is -2.50. The standard InChI is InChI=1S/C29H48O2/c1-7-21(19(2)3)9-8-20(4)25-12-13-26-24-11-10-22-18-23(31-30)14-16-28(22,5)27(24)15-17-29(25,26)6/h8-10,19-21,23-27,30H,7,11-18H2,1-6H3/t20-,21-,23+,24?,25-,26?,27?,28+,29-/m1/s1.